The number of nitrogens with two attached hydrogens (primary N) is 1. The van der Waals surface area contributed by atoms with Gasteiger partial charge in [-0.25, -0.2) is 0 Å². The van der Waals surface area contributed by atoms with Crippen LogP contribution in [-0.2, 0) is 6.54 Å². The molecule has 20 heavy (non-hydrogen) atoms. The summed E-state index contributed by atoms with van der Waals surface area (Å²) in [5.41, 5.74) is 6.00. The lowest BCUT2D eigenvalue weighted by Gasteiger charge is -2.34. The van der Waals surface area contributed by atoms with E-state index in [1.807, 2.05) is 0 Å². The molecule has 8 heteroatoms. The van der Waals surface area contributed by atoms with Gasteiger partial charge >= 0.3 is 6.18 Å². The minimum atomic E-state index is -4.15. The lowest BCUT2D eigenvalue weighted by molar-refractivity contribution is -0.187. The minimum absolute atomic E-state index is 0.0399. The van der Waals surface area contributed by atoms with Gasteiger partial charge in [0.2, 0.25) is 0 Å². The smallest absolute Gasteiger partial charge is 0.393 e. The maximum Gasteiger partial charge on any atom is 0.393 e. The number of anilines is 1. The largest absolute Gasteiger partial charge is 0.396 e. The molecule has 0 spiro atoms. The van der Waals surface area contributed by atoms with Gasteiger partial charge in [-0.15, -0.1) is 0 Å². The molecule has 3 N–H and O–H groups in total. The lowest BCUT2D eigenvalue weighted by atomic mass is 9.97. The Hall–Kier alpha value is -1.28. The highest BCUT2D eigenvalue weighted by molar-refractivity contribution is 5.30. The maximum atomic E-state index is 12.7. The zero-order valence-electron chi connectivity index (χ0n) is 11.1. The van der Waals surface area contributed by atoms with Crippen LogP contribution in [0.3, 0.4) is 0 Å². The van der Waals surface area contributed by atoms with Gasteiger partial charge in [0.05, 0.1) is 30.5 Å². The van der Waals surface area contributed by atoms with Gasteiger partial charge in [-0.2, -0.15) is 18.3 Å². The SMILES string of the molecule is Nc1cnn(CC(O)CN2CCCC(C(F)(F)F)C2)c1. The summed E-state index contributed by atoms with van der Waals surface area (Å²) >= 11 is 0. The van der Waals surface area contributed by atoms with Crippen LogP contribution in [0.25, 0.3) is 0 Å². The van der Waals surface area contributed by atoms with Crippen LogP contribution in [0, 0.1) is 5.92 Å². The molecule has 2 atom stereocenters. The normalized spacial score (nSPS) is 22.9. The average Bonchev–Trinajstić information content (AvgIpc) is 2.73. The topological polar surface area (TPSA) is 67.3 Å². The number of halogens is 3. The van der Waals surface area contributed by atoms with Gasteiger partial charge in [0.1, 0.15) is 0 Å². The lowest BCUT2D eigenvalue weighted by Crippen LogP contribution is -2.45. The van der Waals surface area contributed by atoms with Crippen molar-refractivity contribution >= 4 is 5.69 Å². The van der Waals surface area contributed by atoms with E-state index in [-0.39, 0.29) is 26.1 Å². The van der Waals surface area contributed by atoms with Crippen molar-refractivity contribution in [3.63, 3.8) is 0 Å². The molecule has 2 rings (SSSR count). The molecule has 0 saturated carbocycles. The Morgan fingerprint density at radius 1 is 1.45 bits per heavy atom. The quantitative estimate of drug-likeness (QED) is 0.872. The van der Waals surface area contributed by atoms with E-state index in [2.05, 4.69) is 5.10 Å². The highest BCUT2D eigenvalue weighted by Crippen LogP contribution is 2.33. The number of β-amino-alcohol motifs (C(OH)–C–C–N with tert-alkyl or cyclic N) is 1. The van der Waals surface area contributed by atoms with Gasteiger partial charge in [-0.05, 0) is 19.4 Å². The highest BCUT2D eigenvalue weighted by Gasteiger charge is 2.41. The molecule has 0 aromatic carbocycles. The van der Waals surface area contributed by atoms with Gasteiger partial charge in [0.25, 0.3) is 0 Å². The van der Waals surface area contributed by atoms with E-state index >= 15 is 0 Å². The Morgan fingerprint density at radius 2 is 2.20 bits per heavy atom. The summed E-state index contributed by atoms with van der Waals surface area (Å²) in [5, 5.41) is 13.9. The third-order valence-corrected chi connectivity index (χ3v) is 3.49. The first-order valence-electron chi connectivity index (χ1n) is 6.59. The van der Waals surface area contributed by atoms with Crippen LogP contribution in [0.5, 0.6) is 0 Å². The van der Waals surface area contributed by atoms with Crippen molar-refractivity contribution in [1.82, 2.24) is 14.7 Å². The molecule has 1 aromatic rings. The third-order valence-electron chi connectivity index (χ3n) is 3.49. The first-order valence-corrected chi connectivity index (χ1v) is 6.59. The predicted octanol–water partition coefficient (Wildman–Crippen LogP) is 1.10. The summed E-state index contributed by atoms with van der Waals surface area (Å²) in [5.74, 6) is -1.29. The number of aliphatic hydroxyl groups excluding tert-OH is 1. The molecule has 2 unspecified atom stereocenters. The van der Waals surface area contributed by atoms with Crippen molar-refractivity contribution in [2.75, 3.05) is 25.4 Å². The van der Waals surface area contributed by atoms with E-state index in [1.165, 1.54) is 10.9 Å². The van der Waals surface area contributed by atoms with Crippen LogP contribution in [0.1, 0.15) is 12.8 Å². The molecule has 0 radical (unpaired) electrons. The number of aliphatic hydroxyl groups is 1. The van der Waals surface area contributed by atoms with Crippen LogP contribution in [0.15, 0.2) is 12.4 Å². The van der Waals surface area contributed by atoms with Gasteiger partial charge in [0, 0.05) is 19.3 Å². The monoisotopic (exact) mass is 292 g/mol. The second-order valence-corrected chi connectivity index (χ2v) is 5.29. The number of hydrogen-bond donors (Lipinski definition) is 2. The summed E-state index contributed by atoms with van der Waals surface area (Å²) in [6.07, 6.45) is -1.19. The summed E-state index contributed by atoms with van der Waals surface area (Å²) in [6, 6.07) is 0. The Morgan fingerprint density at radius 3 is 2.80 bits per heavy atom. The van der Waals surface area contributed by atoms with Crippen molar-refractivity contribution in [1.29, 1.82) is 0 Å². The number of piperidine rings is 1. The van der Waals surface area contributed by atoms with E-state index in [4.69, 9.17) is 5.73 Å². The summed E-state index contributed by atoms with van der Waals surface area (Å²) in [7, 11) is 0. The Kier molecular flexibility index (Phi) is 4.54. The van der Waals surface area contributed by atoms with E-state index < -0.39 is 18.2 Å². The minimum Gasteiger partial charge on any atom is -0.396 e. The molecule has 0 aliphatic carbocycles. The molecule has 1 aliphatic rings. The highest BCUT2D eigenvalue weighted by atomic mass is 19.4. The van der Waals surface area contributed by atoms with E-state index in [9.17, 15) is 18.3 Å². The number of nitrogen functional groups attached to an aromatic ring is 1. The van der Waals surface area contributed by atoms with Crippen molar-refractivity contribution in [3.8, 4) is 0 Å². The van der Waals surface area contributed by atoms with Crippen molar-refractivity contribution in [2.45, 2.75) is 31.7 Å². The van der Waals surface area contributed by atoms with Crippen molar-refractivity contribution < 1.29 is 18.3 Å². The molecule has 1 aliphatic heterocycles. The molecule has 5 nitrogen and oxygen atoms in total. The molecule has 1 fully saturated rings. The Balaban J connectivity index is 1.83. The molecular weight excluding hydrogens is 273 g/mol. The molecule has 1 saturated heterocycles. The molecule has 0 bridgehead atoms. The fourth-order valence-corrected chi connectivity index (χ4v) is 2.54. The van der Waals surface area contributed by atoms with Gasteiger partial charge < -0.3 is 15.7 Å². The molecule has 1 aromatic heterocycles. The van der Waals surface area contributed by atoms with Crippen LogP contribution < -0.4 is 5.73 Å². The molecule has 2 heterocycles. The average molecular weight is 292 g/mol. The second kappa shape index (κ2) is 6.01. The van der Waals surface area contributed by atoms with Crippen molar-refractivity contribution in [3.05, 3.63) is 12.4 Å². The number of rotatable bonds is 4. The van der Waals surface area contributed by atoms with Crippen LogP contribution in [-0.4, -0.2) is 51.7 Å². The summed E-state index contributed by atoms with van der Waals surface area (Å²) < 4.78 is 39.5. The predicted molar refractivity (Wildman–Crippen MR) is 67.9 cm³/mol. The zero-order chi connectivity index (χ0) is 14.8. The molecule has 0 amide bonds. The first-order chi connectivity index (χ1) is 9.34. The van der Waals surface area contributed by atoms with Gasteiger partial charge in [-0.1, -0.05) is 0 Å². The third kappa shape index (κ3) is 4.11. The number of nitrogens with zero attached hydrogens (tertiary/aromatic N) is 3. The van der Waals surface area contributed by atoms with E-state index in [1.54, 1.807) is 11.1 Å². The zero-order valence-corrected chi connectivity index (χ0v) is 11.1. The standard InChI is InChI=1S/C12H19F3N4O/c13-12(14,15)9-2-1-3-18(5-9)7-11(20)8-19-6-10(16)4-17-19/h4,6,9,11,20H,1-3,5,7-8,16H2. The number of hydrogen-bond acceptors (Lipinski definition) is 4. The molecular formula is C12H19F3N4O. The van der Waals surface area contributed by atoms with Gasteiger partial charge in [0.15, 0.2) is 0 Å². The van der Waals surface area contributed by atoms with Crippen LogP contribution >= 0.6 is 0 Å². The Labute approximate surface area is 115 Å². The van der Waals surface area contributed by atoms with E-state index in [0.29, 0.717) is 18.7 Å². The van der Waals surface area contributed by atoms with Crippen molar-refractivity contribution in [2.24, 2.45) is 5.92 Å². The van der Waals surface area contributed by atoms with E-state index in [0.717, 1.165) is 0 Å². The van der Waals surface area contributed by atoms with Crippen LogP contribution in [0.2, 0.25) is 0 Å². The fraction of sp³-hybridized carbons (Fsp3) is 0.750. The molecule has 114 valence electrons. The first kappa shape index (κ1) is 15.1. The van der Waals surface area contributed by atoms with Crippen LogP contribution in [0.4, 0.5) is 18.9 Å². The summed E-state index contributed by atoms with van der Waals surface area (Å²) in [4.78, 5) is 1.67. The number of likely N-dealkylation sites (tertiary alicyclic amines) is 1. The van der Waals surface area contributed by atoms with Gasteiger partial charge in [-0.3, -0.25) is 4.68 Å². The number of aromatic nitrogens is 2. The number of alkyl halides is 3. The summed E-state index contributed by atoms with van der Waals surface area (Å²) in [6.45, 7) is 0.990. The Bertz CT molecular complexity index is 435. The fourth-order valence-electron chi connectivity index (χ4n) is 2.54. The second-order valence-electron chi connectivity index (χ2n) is 5.29. The maximum absolute atomic E-state index is 12.7.